The molecule has 2 aliphatic heterocycles. The molecule has 2 heterocycles. The van der Waals surface area contributed by atoms with Gasteiger partial charge in [-0.25, -0.2) is 0 Å². The van der Waals surface area contributed by atoms with E-state index in [0.717, 1.165) is 11.1 Å². The number of hydrogen-bond donors (Lipinski definition) is 0. The molecule has 0 bridgehead atoms. The molecule has 6 rings (SSSR count). The summed E-state index contributed by atoms with van der Waals surface area (Å²) in [6.07, 6.45) is -0.158. The third kappa shape index (κ3) is 3.53. The Balaban J connectivity index is 1.44. The van der Waals surface area contributed by atoms with Gasteiger partial charge in [-0.1, -0.05) is 72.8 Å². The van der Waals surface area contributed by atoms with Crippen LogP contribution in [-0.2, 0) is 23.2 Å². The van der Waals surface area contributed by atoms with Gasteiger partial charge in [0.2, 0.25) is 0 Å². The van der Waals surface area contributed by atoms with E-state index in [1.165, 1.54) is 21.5 Å². The van der Waals surface area contributed by atoms with Crippen molar-refractivity contribution in [3.63, 3.8) is 0 Å². The Kier molecular flexibility index (Phi) is 4.74. The minimum Gasteiger partial charge on any atom is -0.369 e. The molecule has 156 valence electrons. The highest BCUT2D eigenvalue weighted by molar-refractivity contribution is 9.10. The number of benzene rings is 4. The van der Waals surface area contributed by atoms with Crippen LogP contribution < -0.4 is 0 Å². The zero-order chi connectivity index (χ0) is 21.1. The largest absolute Gasteiger partial charge is 0.369 e. The third-order valence-corrected chi connectivity index (χ3v) is 8.34. The Bertz CT molecular complexity index is 1180. The molecule has 4 unspecified atom stereocenters. The predicted molar refractivity (Wildman–Crippen MR) is 130 cm³/mol. The van der Waals surface area contributed by atoms with Gasteiger partial charge in [0, 0.05) is 0 Å². The van der Waals surface area contributed by atoms with Gasteiger partial charge in [-0.2, -0.15) is 0 Å². The summed E-state index contributed by atoms with van der Waals surface area (Å²) in [6, 6.07) is 29.5. The van der Waals surface area contributed by atoms with E-state index in [-0.39, 0.29) is 12.2 Å². The van der Waals surface area contributed by atoms with Gasteiger partial charge in [-0.05, 0) is 76.7 Å². The van der Waals surface area contributed by atoms with Crippen LogP contribution in [0.15, 0.2) is 84.9 Å². The van der Waals surface area contributed by atoms with Crippen LogP contribution in [0, 0.1) is 0 Å². The van der Waals surface area contributed by atoms with E-state index in [1.54, 1.807) is 0 Å². The van der Waals surface area contributed by atoms with Gasteiger partial charge in [-0.3, -0.25) is 0 Å². The quantitative estimate of drug-likeness (QED) is 0.204. The van der Waals surface area contributed by atoms with Crippen molar-refractivity contribution in [1.82, 2.24) is 0 Å². The standard InChI is InChI=1S/C26H20Br2O3/c27-25(23-15-29-23,21-11-9-17-5-1-3-7-19(17)13-21)31-26(28,24-16-30-24)22-12-10-18-6-2-4-8-20(18)14-22/h1-14,23-24H,15-16H2. The Morgan fingerprint density at radius 3 is 1.39 bits per heavy atom. The maximum atomic E-state index is 6.93. The fraction of sp³-hybridized carbons (Fsp3) is 0.231. The number of hydrogen-bond acceptors (Lipinski definition) is 3. The molecule has 0 amide bonds. The number of ether oxygens (including phenoxy) is 3. The summed E-state index contributed by atoms with van der Waals surface area (Å²) >= 11 is 7.90. The van der Waals surface area contributed by atoms with Gasteiger partial charge in [0.15, 0.2) is 9.02 Å². The topological polar surface area (TPSA) is 34.3 Å². The fourth-order valence-corrected chi connectivity index (χ4v) is 5.91. The first kappa shape index (κ1) is 19.9. The predicted octanol–water partition coefficient (Wildman–Crippen LogP) is 6.60. The number of alkyl halides is 2. The Hall–Kier alpha value is -1.76. The maximum Gasteiger partial charge on any atom is 0.178 e. The summed E-state index contributed by atoms with van der Waals surface area (Å²) in [5.74, 6) is 0. The average molecular weight is 540 g/mol. The van der Waals surface area contributed by atoms with Crippen LogP contribution in [0.3, 0.4) is 0 Å². The minimum atomic E-state index is -0.807. The molecule has 2 saturated heterocycles. The van der Waals surface area contributed by atoms with E-state index in [2.05, 4.69) is 117 Å². The molecule has 5 heteroatoms. The second-order valence-corrected chi connectivity index (χ2v) is 10.5. The number of epoxide rings is 2. The first-order chi connectivity index (χ1) is 15.1. The van der Waals surface area contributed by atoms with Crippen LogP contribution in [0.2, 0.25) is 0 Å². The molecule has 0 saturated carbocycles. The second kappa shape index (κ2) is 7.39. The summed E-state index contributed by atoms with van der Waals surface area (Å²) in [4.78, 5) is 0. The zero-order valence-electron chi connectivity index (χ0n) is 16.6. The minimum absolute atomic E-state index is 0.0789. The lowest BCUT2D eigenvalue weighted by Gasteiger charge is -2.37. The Morgan fingerprint density at radius 1 is 0.613 bits per heavy atom. The molecular formula is C26H20Br2O3. The lowest BCUT2D eigenvalue weighted by molar-refractivity contribution is -0.0795. The van der Waals surface area contributed by atoms with Crippen LogP contribution in [0.4, 0.5) is 0 Å². The molecular weight excluding hydrogens is 520 g/mol. The van der Waals surface area contributed by atoms with E-state index in [4.69, 9.17) is 14.2 Å². The van der Waals surface area contributed by atoms with Crippen LogP contribution >= 0.6 is 31.9 Å². The van der Waals surface area contributed by atoms with Crippen molar-refractivity contribution in [3.8, 4) is 0 Å². The summed E-state index contributed by atoms with van der Waals surface area (Å²) in [5.41, 5.74) is 2.05. The molecule has 31 heavy (non-hydrogen) atoms. The van der Waals surface area contributed by atoms with Crippen LogP contribution in [0.5, 0.6) is 0 Å². The van der Waals surface area contributed by atoms with Crippen molar-refractivity contribution >= 4 is 53.4 Å². The highest BCUT2D eigenvalue weighted by Gasteiger charge is 2.57. The Morgan fingerprint density at radius 2 is 1.00 bits per heavy atom. The molecule has 0 aromatic heterocycles. The van der Waals surface area contributed by atoms with Crippen molar-refractivity contribution in [1.29, 1.82) is 0 Å². The van der Waals surface area contributed by atoms with Crippen LogP contribution in [-0.4, -0.2) is 25.4 Å². The summed E-state index contributed by atoms with van der Waals surface area (Å²) < 4.78 is 16.8. The third-order valence-electron chi connectivity index (χ3n) is 6.08. The lowest BCUT2D eigenvalue weighted by Crippen LogP contribution is -2.40. The van der Waals surface area contributed by atoms with E-state index >= 15 is 0 Å². The summed E-state index contributed by atoms with van der Waals surface area (Å²) in [5, 5.41) is 4.73. The molecule has 4 aromatic rings. The monoisotopic (exact) mass is 538 g/mol. The number of rotatable bonds is 6. The molecule has 4 aromatic carbocycles. The molecule has 0 aliphatic carbocycles. The normalized spacial score (nSPS) is 23.9. The molecule has 3 nitrogen and oxygen atoms in total. The van der Waals surface area contributed by atoms with E-state index < -0.39 is 9.02 Å². The molecule has 0 radical (unpaired) electrons. The number of halogens is 2. The highest BCUT2D eigenvalue weighted by atomic mass is 79.9. The van der Waals surface area contributed by atoms with Gasteiger partial charge in [-0.15, -0.1) is 0 Å². The lowest BCUT2D eigenvalue weighted by atomic mass is 9.99. The first-order valence-corrected chi connectivity index (χ1v) is 11.9. The van der Waals surface area contributed by atoms with Gasteiger partial charge >= 0.3 is 0 Å². The van der Waals surface area contributed by atoms with E-state index in [0.29, 0.717) is 13.2 Å². The van der Waals surface area contributed by atoms with Crippen molar-refractivity contribution in [3.05, 3.63) is 96.1 Å². The number of fused-ring (bicyclic) bond motifs is 2. The summed E-state index contributed by atoms with van der Waals surface area (Å²) in [6.45, 7) is 1.29. The van der Waals surface area contributed by atoms with Gasteiger partial charge < -0.3 is 14.2 Å². The molecule has 2 aliphatic rings. The summed E-state index contributed by atoms with van der Waals surface area (Å²) in [7, 11) is 0. The molecule has 4 atom stereocenters. The van der Waals surface area contributed by atoms with Gasteiger partial charge in [0.05, 0.1) is 13.2 Å². The average Bonchev–Trinajstić information content (AvgIpc) is 3.70. The first-order valence-electron chi connectivity index (χ1n) is 10.4. The van der Waals surface area contributed by atoms with Crippen molar-refractivity contribution < 1.29 is 14.2 Å². The molecule has 0 spiro atoms. The van der Waals surface area contributed by atoms with Crippen molar-refractivity contribution in [2.24, 2.45) is 0 Å². The van der Waals surface area contributed by atoms with Gasteiger partial charge in [0.1, 0.15) is 12.2 Å². The Labute approximate surface area is 197 Å². The van der Waals surface area contributed by atoms with E-state index in [1.807, 2.05) is 0 Å². The molecule has 0 N–H and O–H groups in total. The van der Waals surface area contributed by atoms with Crippen LogP contribution in [0.25, 0.3) is 21.5 Å². The smallest absolute Gasteiger partial charge is 0.178 e. The van der Waals surface area contributed by atoms with Crippen molar-refractivity contribution in [2.45, 2.75) is 21.2 Å². The van der Waals surface area contributed by atoms with Gasteiger partial charge in [0.25, 0.3) is 0 Å². The second-order valence-electron chi connectivity index (χ2n) is 8.16. The zero-order valence-corrected chi connectivity index (χ0v) is 19.8. The van der Waals surface area contributed by atoms with E-state index in [9.17, 15) is 0 Å². The SMILES string of the molecule is BrC(OC(Br)(c1ccc2ccccc2c1)C1CO1)(c1ccc2ccccc2c1)C1CO1. The maximum absolute atomic E-state index is 6.93. The van der Waals surface area contributed by atoms with Crippen molar-refractivity contribution in [2.75, 3.05) is 13.2 Å². The van der Waals surface area contributed by atoms with Crippen LogP contribution in [0.1, 0.15) is 11.1 Å². The fourth-order valence-electron chi connectivity index (χ4n) is 4.16. The molecule has 2 fully saturated rings. The highest BCUT2D eigenvalue weighted by Crippen LogP contribution is 2.54.